The Morgan fingerprint density at radius 3 is 2.80 bits per heavy atom. The molecule has 1 aliphatic heterocycles. The van der Waals surface area contributed by atoms with Crippen molar-refractivity contribution >= 4 is 5.69 Å². The number of anilines is 1. The quantitative estimate of drug-likeness (QED) is 0.645. The number of nitrogens with zero attached hydrogens (tertiary/aromatic N) is 2. The standard InChI is InChI=1S/C13H20N2/c1-13(2,3)15-10-5-4-7-11-12(15)8-6-9-14-11/h6,8-9H,4-5,7,10H2,1-3H3. The normalized spacial score (nSPS) is 17.1. The summed E-state index contributed by atoms with van der Waals surface area (Å²) in [5, 5.41) is 0. The van der Waals surface area contributed by atoms with Crippen LogP contribution >= 0.6 is 0 Å². The molecule has 0 unspecified atom stereocenters. The van der Waals surface area contributed by atoms with E-state index in [0.29, 0.717) is 0 Å². The minimum absolute atomic E-state index is 0.197. The zero-order valence-corrected chi connectivity index (χ0v) is 9.95. The third-order valence-electron chi connectivity index (χ3n) is 3.01. The molecule has 0 aromatic carbocycles. The molecular formula is C13H20N2. The lowest BCUT2D eigenvalue weighted by atomic mass is 10.0. The average molecular weight is 204 g/mol. The van der Waals surface area contributed by atoms with Crippen LogP contribution in [0.3, 0.4) is 0 Å². The maximum Gasteiger partial charge on any atom is 0.0636 e. The van der Waals surface area contributed by atoms with E-state index in [1.165, 1.54) is 24.2 Å². The van der Waals surface area contributed by atoms with E-state index in [9.17, 15) is 0 Å². The minimum Gasteiger partial charge on any atom is -0.365 e. The van der Waals surface area contributed by atoms with Gasteiger partial charge in [-0.3, -0.25) is 4.98 Å². The van der Waals surface area contributed by atoms with E-state index in [-0.39, 0.29) is 5.54 Å². The van der Waals surface area contributed by atoms with Gasteiger partial charge in [0.15, 0.2) is 0 Å². The first-order valence-electron chi connectivity index (χ1n) is 5.80. The molecule has 0 aliphatic carbocycles. The van der Waals surface area contributed by atoms with E-state index in [2.05, 4.69) is 36.7 Å². The summed E-state index contributed by atoms with van der Waals surface area (Å²) in [6.45, 7) is 7.97. The molecule has 0 amide bonds. The van der Waals surface area contributed by atoms with Crippen molar-refractivity contribution in [3.8, 4) is 0 Å². The summed E-state index contributed by atoms with van der Waals surface area (Å²) >= 11 is 0. The van der Waals surface area contributed by atoms with Gasteiger partial charge in [0.1, 0.15) is 0 Å². The summed E-state index contributed by atoms with van der Waals surface area (Å²) in [6, 6.07) is 4.25. The smallest absolute Gasteiger partial charge is 0.0636 e. The highest BCUT2D eigenvalue weighted by Gasteiger charge is 2.25. The Labute approximate surface area is 92.3 Å². The predicted octanol–water partition coefficient (Wildman–Crippen LogP) is 3.02. The fourth-order valence-electron chi connectivity index (χ4n) is 2.25. The highest BCUT2D eigenvalue weighted by atomic mass is 15.2. The van der Waals surface area contributed by atoms with E-state index in [4.69, 9.17) is 0 Å². The molecule has 82 valence electrons. The van der Waals surface area contributed by atoms with Gasteiger partial charge in [-0.15, -0.1) is 0 Å². The Hall–Kier alpha value is -1.05. The Balaban J connectivity index is 2.41. The third-order valence-corrected chi connectivity index (χ3v) is 3.01. The van der Waals surface area contributed by atoms with Gasteiger partial charge in [-0.1, -0.05) is 0 Å². The number of aromatic nitrogens is 1. The SMILES string of the molecule is CC(C)(C)N1CCCCc2ncccc21. The Morgan fingerprint density at radius 2 is 2.07 bits per heavy atom. The number of pyridine rings is 1. The second-order valence-electron chi connectivity index (χ2n) is 5.25. The summed E-state index contributed by atoms with van der Waals surface area (Å²) in [5.41, 5.74) is 2.80. The molecule has 0 fully saturated rings. The molecular weight excluding hydrogens is 184 g/mol. The zero-order chi connectivity index (χ0) is 10.9. The first-order valence-corrected chi connectivity index (χ1v) is 5.80. The average Bonchev–Trinajstić information content (AvgIpc) is 2.38. The van der Waals surface area contributed by atoms with Crippen molar-refractivity contribution in [3.05, 3.63) is 24.0 Å². The van der Waals surface area contributed by atoms with Crippen LogP contribution in [-0.4, -0.2) is 17.1 Å². The topological polar surface area (TPSA) is 16.1 Å². The highest BCUT2D eigenvalue weighted by Crippen LogP contribution is 2.29. The molecule has 2 heterocycles. The third kappa shape index (κ3) is 2.14. The van der Waals surface area contributed by atoms with Gasteiger partial charge in [0.05, 0.1) is 11.4 Å². The summed E-state index contributed by atoms with van der Waals surface area (Å²) < 4.78 is 0. The number of aryl methyl sites for hydroxylation is 1. The number of hydrogen-bond donors (Lipinski definition) is 0. The number of hydrogen-bond acceptors (Lipinski definition) is 2. The minimum atomic E-state index is 0.197. The number of rotatable bonds is 0. The van der Waals surface area contributed by atoms with Crippen LogP contribution in [0.25, 0.3) is 0 Å². The fourth-order valence-corrected chi connectivity index (χ4v) is 2.25. The van der Waals surface area contributed by atoms with Gasteiger partial charge < -0.3 is 4.90 Å². The molecule has 2 rings (SSSR count). The van der Waals surface area contributed by atoms with Crippen molar-refractivity contribution in [2.24, 2.45) is 0 Å². The van der Waals surface area contributed by atoms with Crippen LogP contribution in [0.4, 0.5) is 5.69 Å². The lowest BCUT2D eigenvalue weighted by Gasteiger charge is -2.37. The van der Waals surface area contributed by atoms with Crippen molar-refractivity contribution in [2.45, 2.75) is 45.6 Å². The van der Waals surface area contributed by atoms with Gasteiger partial charge in [-0.2, -0.15) is 0 Å². The predicted molar refractivity (Wildman–Crippen MR) is 64.3 cm³/mol. The second-order valence-corrected chi connectivity index (χ2v) is 5.25. The Bertz CT molecular complexity index is 339. The number of fused-ring (bicyclic) bond motifs is 1. The molecule has 0 radical (unpaired) electrons. The lowest BCUT2D eigenvalue weighted by Crippen LogP contribution is -2.42. The van der Waals surface area contributed by atoms with E-state index < -0.39 is 0 Å². The molecule has 0 spiro atoms. The van der Waals surface area contributed by atoms with E-state index >= 15 is 0 Å². The second kappa shape index (κ2) is 3.84. The lowest BCUT2D eigenvalue weighted by molar-refractivity contribution is 0.498. The molecule has 15 heavy (non-hydrogen) atoms. The van der Waals surface area contributed by atoms with Gasteiger partial charge in [0, 0.05) is 18.3 Å². The molecule has 2 heteroatoms. The summed E-state index contributed by atoms with van der Waals surface area (Å²) in [7, 11) is 0. The van der Waals surface area contributed by atoms with Gasteiger partial charge in [0.2, 0.25) is 0 Å². The molecule has 1 aromatic heterocycles. The summed E-state index contributed by atoms with van der Waals surface area (Å²) in [4.78, 5) is 6.99. The maximum atomic E-state index is 4.50. The molecule has 0 saturated carbocycles. The Kier molecular flexibility index (Phi) is 2.68. The van der Waals surface area contributed by atoms with E-state index in [1.807, 2.05) is 12.3 Å². The summed E-state index contributed by atoms with van der Waals surface area (Å²) in [6.07, 6.45) is 5.57. The first-order chi connectivity index (χ1) is 7.09. The van der Waals surface area contributed by atoms with Gasteiger partial charge in [0.25, 0.3) is 0 Å². The van der Waals surface area contributed by atoms with E-state index in [0.717, 1.165) is 13.0 Å². The van der Waals surface area contributed by atoms with Crippen LogP contribution in [0.1, 0.15) is 39.3 Å². The molecule has 0 saturated heterocycles. The van der Waals surface area contributed by atoms with Crippen molar-refractivity contribution < 1.29 is 0 Å². The van der Waals surface area contributed by atoms with E-state index in [1.54, 1.807) is 0 Å². The van der Waals surface area contributed by atoms with Crippen LogP contribution in [0.5, 0.6) is 0 Å². The van der Waals surface area contributed by atoms with Crippen molar-refractivity contribution in [2.75, 3.05) is 11.4 Å². The molecule has 0 atom stereocenters. The van der Waals surface area contributed by atoms with Crippen LogP contribution in [-0.2, 0) is 6.42 Å². The fraction of sp³-hybridized carbons (Fsp3) is 0.615. The Morgan fingerprint density at radius 1 is 1.27 bits per heavy atom. The van der Waals surface area contributed by atoms with Crippen LogP contribution in [0.2, 0.25) is 0 Å². The maximum absolute atomic E-state index is 4.50. The molecule has 0 bridgehead atoms. The van der Waals surface area contributed by atoms with Crippen molar-refractivity contribution in [1.82, 2.24) is 4.98 Å². The van der Waals surface area contributed by atoms with Gasteiger partial charge >= 0.3 is 0 Å². The largest absolute Gasteiger partial charge is 0.365 e. The molecule has 2 nitrogen and oxygen atoms in total. The van der Waals surface area contributed by atoms with Crippen molar-refractivity contribution in [1.29, 1.82) is 0 Å². The molecule has 1 aliphatic rings. The van der Waals surface area contributed by atoms with Gasteiger partial charge in [-0.05, 0) is 52.2 Å². The molecule has 0 N–H and O–H groups in total. The monoisotopic (exact) mass is 204 g/mol. The van der Waals surface area contributed by atoms with Gasteiger partial charge in [-0.25, -0.2) is 0 Å². The summed E-state index contributed by atoms with van der Waals surface area (Å²) in [5.74, 6) is 0. The highest BCUT2D eigenvalue weighted by molar-refractivity contribution is 5.53. The van der Waals surface area contributed by atoms with Crippen LogP contribution in [0, 0.1) is 0 Å². The van der Waals surface area contributed by atoms with Crippen LogP contribution < -0.4 is 4.90 Å². The molecule has 1 aromatic rings. The first kappa shape index (κ1) is 10.5. The van der Waals surface area contributed by atoms with Crippen LogP contribution in [0.15, 0.2) is 18.3 Å². The van der Waals surface area contributed by atoms with Crippen molar-refractivity contribution in [3.63, 3.8) is 0 Å². The zero-order valence-electron chi connectivity index (χ0n) is 9.95.